The van der Waals surface area contributed by atoms with Crippen LogP contribution in [0.5, 0.6) is 0 Å². The minimum Gasteiger partial charge on any atom is -0.378 e. The third-order valence-corrected chi connectivity index (χ3v) is 6.29. The molecule has 1 saturated heterocycles. The number of nitrogens with zero attached hydrogens (tertiary/aromatic N) is 2. The van der Waals surface area contributed by atoms with E-state index >= 15 is 0 Å². The van der Waals surface area contributed by atoms with Crippen molar-refractivity contribution in [1.82, 2.24) is 9.80 Å². The van der Waals surface area contributed by atoms with Crippen LogP contribution in [0.1, 0.15) is 51.5 Å². The van der Waals surface area contributed by atoms with Crippen molar-refractivity contribution >= 4 is 17.6 Å². The van der Waals surface area contributed by atoms with Gasteiger partial charge in [-0.2, -0.15) is 0 Å². The third kappa shape index (κ3) is 6.94. The molecule has 0 spiro atoms. The molecule has 0 unspecified atom stereocenters. The third-order valence-electron chi connectivity index (χ3n) is 6.29. The average molecular weight is 431 g/mol. The molecule has 31 heavy (non-hydrogen) atoms. The van der Waals surface area contributed by atoms with E-state index in [4.69, 9.17) is 10.5 Å². The molecule has 0 radical (unpaired) electrons. The number of ether oxygens (including phenoxy) is 1. The number of benzene rings is 1. The number of carbonyl (C=O) groups is 2. The topological polar surface area (TPSA) is 87.9 Å². The zero-order valence-corrected chi connectivity index (χ0v) is 19.1. The van der Waals surface area contributed by atoms with Crippen molar-refractivity contribution in [3.8, 4) is 0 Å². The molecule has 1 aromatic carbocycles. The van der Waals surface area contributed by atoms with Gasteiger partial charge in [-0.15, -0.1) is 0 Å². The summed E-state index contributed by atoms with van der Waals surface area (Å²) in [6, 6.07) is 7.69. The van der Waals surface area contributed by atoms with E-state index in [1.165, 1.54) is 6.42 Å². The normalized spacial score (nSPS) is 18.0. The Kier molecular flexibility index (Phi) is 8.32. The van der Waals surface area contributed by atoms with Gasteiger partial charge in [0.25, 0.3) is 0 Å². The lowest BCUT2D eigenvalue weighted by atomic mass is 9.86. The zero-order valence-electron chi connectivity index (χ0n) is 19.1. The van der Waals surface area contributed by atoms with Gasteiger partial charge in [0.2, 0.25) is 5.91 Å². The number of carbonyl (C=O) groups excluding carboxylic acids is 2. The van der Waals surface area contributed by atoms with Crippen LogP contribution >= 0.6 is 0 Å². The summed E-state index contributed by atoms with van der Waals surface area (Å²) in [6.45, 7) is 8.23. The Labute approximate surface area is 186 Å². The Bertz CT molecular complexity index is 740. The van der Waals surface area contributed by atoms with Crippen LogP contribution in [0.15, 0.2) is 24.3 Å². The second-order valence-electron chi connectivity index (χ2n) is 9.63. The van der Waals surface area contributed by atoms with E-state index < -0.39 is 0 Å². The highest BCUT2D eigenvalue weighted by Crippen LogP contribution is 2.28. The number of nitrogens with one attached hydrogen (secondary N) is 1. The van der Waals surface area contributed by atoms with Gasteiger partial charge in [-0.1, -0.05) is 45.2 Å². The number of nitrogens with two attached hydrogens (primary N) is 1. The summed E-state index contributed by atoms with van der Waals surface area (Å²) >= 11 is 0. The first-order valence-electron chi connectivity index (χ1n) is 11.6. The Morgan fingerprint density at radius 2 is 1.90 bits per heavy atom. The fourth-order valence-corrected chi connectivity index (χ4v) is 4.34. The summed E-state index contributed by atoms with van der Waals surface area (Å²) in [6.07, 6.45) is 5.45. The largest absolute Gasteiger partial charge is 0.378 e. The number of morpholine rings is 1. The molecule has 1 aromatic rings. The van der Waals surface area contributed by atoms with Crippen molar-refractivity contribution in [2.45, 2.75) is 52.5 Å². The Morgan fingerprint density at radius 3 is 2.58 bits per heavy atom. The highest BCUT2D eigenvalue weighted by molar-refractivity contribution is 5.89. The molecule has 3 amide bonds. The lowest BCUT2D eigenvalue weighted by molar-refractivity contribution is -0.138. The van der Waals surface area contributed by atoms with E-state index in [2.05, 4.69) is 19.2 Å². The Balaban J connectivity index is 1.70. The monoisotopic (exact) mass is 430 g/mol. The van der Waals surface area contributed by atoms with E-state index in [-0.39, 0.29) is 23.3 Å². The molecule has 1 saturated carbocycles. The van der Waals surface area contributed by atoms with Crippen LogP contribution in [0.3, 0.4) is 0 Å². The van der Waals surface area contributed by atoms with Gasteiger partial charge >= 0.3 is 6.03 Å². The number of hydrogen-bond donors (Lipinski definition) is 2. The maximum absolute atomic E-state index is 13.4. The van der Waals surface area contributed by atoms with Gasteiger partial charge in [-0.05, 0) is 42.5 Å². The predicted octanol–water partition coefficient (Wildman–Crippen LogP) is 3.44. The molecule has 3 N–H and O–H groups in total. The molecule has 0 bridgehead atoms. The first kappa shape index (κ1) is 23.5. The number of urea groups is 1. The van der Waals surface area contributed by atoms with Crippen molar-refractivity contribution < 1.29 is 14.3 Å². The average Bonchev–Trinajstić information content (AvgIpc) is 2.79. The van der Waals surface area contributed by atoms with E-state index in [0.717, 1.165) is 36.9 Å². The fraction of sp³-hybridized carbons (Fsp3) is 0.667. The smallest absolute Gasteiger partial charge is 0.321 e. The molecule has 2 aliphatic rings. The van der Waals surface area contributed by atoms with Crippen molar-refractivity contribution in [2.24, 2.45) is 17.1 Å². The molecule has 0 atom stereocenters. The molecule has 1 aliphatic carbocycles. The first-order valence-corrected chi connectivity index (χ1v) is 11.6. The maximum atomic E-state index is 13.4. The summed E-state index contributed by atoms with van der Waals surface area (Å²) in [5.74, 6) is 0.357. The van der Waals surface area contributed by atoms with E-state index in [1.807, 2.05) is 29.2 Å². The van der Waals surface area contributed by atoms with Gasteiger partial charge in [0.05, 0.1) is 13.2 Å². The Morgan fingerprint density at radius 1 is 1.19 bits per heavy atom. The van der Waals surface area contributed by atoms with Crippen LogP contribution < -0.4 is 11.1 Å². The maximum Gasteiger partial charge on any atom is 0.321 e. The molecule has 172 valence electrons. The lowest BCUT2D eigenvalue weighted by Gasteiger charge is -2.35. The van der Waals surface area contributed by atoms with Crippen LogP contribution in [-0.4, -0.2) is 61.1 Å². The van der Waals surface area contributed by atoms with Crippen LogP contribution in [0, 0.1) is 11.3 Å². The Hall–Kier alpha value is -2.12. The van der Waals surface area contributed by atoms with E-state index in [1.54, 1.807) is 4.90 Å². The van der Waals surface area contributed by atoms with Crippen LogP contribution in [0.2, 0.25) is 0 Å². The quantitative estimate of drug-likeness (QED) is 0.694. The van der Waals surface area contributed by atoms with Gasteiger partial charge in [0.15, 0.2) is 0 Å². The standard InChI is InChI=1S/C24H38N4O3/c1-24(2,17-25)18-28(22(29)20-8-4-3-5-9-20)16-19-7-6-10-21(15-19)26-23(30)27-11-13-31-14-12-27/h6-7,10,15,20H,3-5,8-9,11-14,16-18,25H2,1-2H3,(H,26,30). The van der Waals surface area contributed by atoms with E-state index in [0.29, 0.717) is 45.9 Å². The van der Waals surface area contributed by atoms with Crippen molar-refractivity contribution in [3.63, 3.8) is 0 Å². The minimum atomic E-state index is -0.146. The highest BCUT2D eigenvalue weighted by atomic mass is 16.5. The molecular weight excluding hydrogens is 392 g/mol. The SMILES string of the molecule is CC(C)(CN)CN(Cc1cccc(NC(=O)N2CCOCC2)c1)C(=O)C1CCCCC1. The van der Waals surface area contributed by atoms with Gasteiger partial charge < -0.3 is 25.6 Å². The molecule has 3 rings (SSSR count). The van der Waals surface area contributed by atoms with Crippen LogP contribution in [0.25, 0.3) is 0 Å². The molecule has 0 aromatic heterocycles. The summed E-state index contributed by atoms with van der Waals surface area (Å²) in [5.41, 5.74) is 7.59. The van der Waals surface area contributed by atoms with E-state index in [9.17, 15) is 9.59 Å². The second kappa shape index (κ2) is 11.0. The molecule has 7 nitrogen and oxygen atoms in total. The van der Waals surface area contributed by atoms with Crippen LogP contribution in [0.4, 0.5) is 10.5 Å². The highest BCUT2D eigenvalue weighted by Gasteiger charge is 2.30. The number of hydrogen-bond acceptors (Lipinski definition) is 4. The lowest BCUT2D eigenvalue weighted by Crippen LogP contribution is -2.44. The summed E-state index contributed by atoms with van der Waals surface area (Å²) in [4.78, 5) is 29.6. The van der Waals surface area contributed by atoms with Crippen molar-refractivity contribution in [3.05, 3.63) is 29.8 Å². The summed E-state index contributed by atoms with van der Waals surface area (Å²) in [5, 5.41) is 2.99. The molecule has 2 fully saturated rings. The predicted molar refractivity (Wildman–Crippen MR) is 123 cm³/mol. The summed E-state index contributed by atoms with van der Waals surface area (Å²) in [7, 11) is 0. The van der Waals surface area contributed by atoms with Crippen molar-refractivity contribution in [2.75, 3.05) is 44.7 Å². The molecule has 7 heteroatoms. The van der Waals surface area contributed by atoms with Gasteiger partial charge in [0, 0.05) is 37.8 Å². The van der Waals surface area contributed by atoms with Gasteiger partial charge in [-0.25, -0.2) is 4.79 Å². The molecule has 1 heterocycles. The number of amides is 3. The molecule has 1 aliphatic heterocycles. The summed E-state index contributed by atoms with van der Waals surface area (Å²) < 4.78 is 5.32. The number of rotatable bonds is 7. The minimum absolute atomic E-state index is 0.111. The van der Waals surface area contributed by atoms with Crippen LogP contribution in [-0.2, 0) is 16.1 Å². The number of anilines is 1. The fourth-order valence-electron chi connectivity index (χ4n) is 4.34. The zero-order chi connectivity index (χ0) is 22.3. The van der Waals surface area contributed by atoms with Gasteiger partial charge in [-0.3, -0.25) is 4.79 Å². The van der Waals surface area contributed by atoms with Gasteiger partial charge in [0.1, 0.15) is 0 Å². The van der Waals surface area contributed by atoms with Crippen molar-refractivity contribution in [1.29, 1.82) is 0 Å². The molecular formula is C24H38N4O3. The first-order chi connectivity index (χ1) is 14.9. The second-order valence-corrected chi connectivity index (χ2v) is 9.63.